The zero-order chi connectivity index (χ0) is 10.2. The van der Waals surface area contributed by atoms with Crippen LogP contribution in [-0.4, -0.2) is 16.0 Å². The third kappa shape index (κ3) is 2.46. The van der Waals surface area contributed by atoms with Crippen molar-refractivity contribution in [1.29, 1.82) is 0 Å². The van der Waals surface area contributed by atoms with Gasteiger partial charge in [0.2, 0.25) is 0 Å². The Kier molecular flexibility index (Phi) is 2.70. The molecule has 13 heavy (non-hydrogen) atoms. The van der Waals surface area contributed by atoms with Crippen LogP contribution in [0.5, 0.6) is 0 Å². The Morgan fingerprint density at radius 3 is 2.23 bits per heavy atom. The van der Waals surface area contributed by atoms with Gasteiger partial charge in [-0.1, -0.05) is 0 Å². The monoisotopic (exact) mass is 256 g/mol. The minimum absolute atomic E-state index is 0.495. The van der Waals surface area contributed by atoms with Crippen molar-refractivity contribution in [3.8, 4) is 0 Å². The van der Waals surface area contributed by atoms with E-state index in [4.69, 9.17) is 0 Å². The number of aromatic nitrogens is 2. The van der Waals surface area contributed by atoms with E-state index >= 15 is 0 Å². The second-order valence-electron chi connectivity index (χ2n) is 2.76. The summed E-state index contributed by atoms with van der Waals surface area (Å²) in [5.41, 5.74) is 1.07. The molecule has 74 valence electrons. The zero-order valence-electron chi connectivity index (χ0n) is 7.11. The molecule has 0 fully saturated rings. The van der Waals surface area contributed by atoms with Crippen LogP contribution in [0.2, 0.25) is 0 Å². The van der Waals surface area contributed by atoms with Crippen LogP contribution in [0.15, 0.2) is 4.47 Å². The summed E-state index contributed by atoms with van der Waals surface area (Å²) in [7, 11) is 0. The minimum Gasteiger partial charge on any atom is -0.259 e. The summed E-state index contributed by atoms with van der Waals surface area (Å²) < 4.78 is 37.5. The molecule has 1 rings (SSSR count). The predicted octanol–water partition coefficient (Wildman–Crippen LogP) is 2.82. The van der Waals surface area contributed by atoms with Gasteiger partial charge < -0.3 is 0 Å². The molecular weight excluding hydrogens is 249 g/mol. The maximum atomic E-state index is 12.0. The van der Waals surface area contributed by atoms with Crippen LogP contribution in [0.3, 0.4) is 0 Å². The molecule has 0 atom stereocenters. The van der Waals surface area contributed by atoms with Crippen LogP contribution in [0, 0.1) is 13.8 Å². The van der Waals surface area contributed by atoms with Crippen LogP contribution >= 0.6 is 15.9 Å². The average molecular weight is 257 g/mol. The summed E-state index contributed by atoms with van der Waals surface area (Å²) in [6.45, 7) is 2.21. The highest BCUT2D eigenvalue weighted by atomic mass is 79.9. The van der Waals surface area contributed by atoms with E-state index in [1.165, 1.54) is 0 Å². The van der Waals surface area contributed by atoms with Gasteiger partial charge in [0.15, 0.2) is 0 Å². The molecule has 0 saturated carbocycles. The van der Waals surface area contributed by atoms with Gasteiger partial charge in [0, 0.05) is 0 Å². The van der Waals surface area contributed by atoms with E-state index in [0.29, 0.717) is 15.9 Å². The van der Waals surface area contributed by atoms with Crippen molar-refractivity contribution in [2.75, 3.05) is 0 Å². The normalized spacial score (nSPS) is 12.2. The largest absolute Gasteiger partial charge is 0.408 e. The first-order valence-corrected chi connectivity index (χ1v) is 4.37. The summed E-state index contributed by atoms with van der Waals surface area (Å²) in [5, 5.41) is 3.74. The molecule has 0 aliphatic heterocycles. The zero-order valence-corrected chi connectivity index (χ0v) is 8.70. The van der Waals surface area contributed by atoms with Crippen LogP contribution in [0.1, 0.15) is 11.4 Å². The lowest BCUT2D eigenvalue weighted by molar-refractivity contribution is -0.142. The fraction of sp³-hybridized carbons (Fsp3) is 0.571. The van der Waals surface area contributed by atoms with E-state index in [2.05, 4.69) is 21.0 Å². The smallest absolute Gasteiger partial charge is 0.259 e. The molecule has 0 saturated heterocycles. The standard InChI is InChI=1S/C7H8BrF3N2/c1-4-6(8)5(2)13(12-4)3-7(9,10)11/h3H2,1-2H3. The van der Waals surface area contributed by atoms with Crippen LogP contribution in [0.25, 0.3) is 0 Å². The molecule has 1 aromatic rings. The first kappa shape index (κ1) is 10.6. The number of aryl methyl sites for hydroxylation is 1. The van der Waals surface area contributed by atoms with Crippen molar-refractivity contribution >= 4 is 15.9 Å². The Labute approximate surface area is 81.9 Å². The lowest BCUT2D eigenvalue weighted by atomic mass is 10.4. The van der Waals surface area contributed by atoms with Gasteiger partial charge in [0.1, 0.15) is 6.54 Å². The van der Waals surface area contributed by atoms with Crippen molar-refractivity contribution in [2.45, 2.75) is 26.6 Å². The fourth-order valence-corrected chi connectivity index (χ4v) is 1.28. The Bertz CT molecular complexity index is 316. The summed E-state index contributed by atoms with van der Waals surface area (Å²) >= 11 is 3.16. The first-order valence-electron chi connectivity index (χ1n) is 3.57. The van der Waals surface area contributed by atoms with Crippen molar-refractivity contribution in [2.24, 2.45) is 0 Å². The van der Waals surface area contributed by atoms with Crippen LogP contribution in [-0.2, 0) is 6.54 Å². The van der Waals surface area contributed by atoms with Crippen LogP contribution in [0.4, 0.5) is 13.2 Å². The molecule has 0 amide bonds. The summed E-state index contributed by atoms with van der Waals surface area (Å²) in [5.74, 6) is 0. The number of hydrogen-bond acceptors (Lipinski definition) is 1. The number of halogens is 4. The van der Waals surface area contributed by atoms with Crippen molar-refractivity contribution in [3.05, 3.63) is 15.9 Å². The van der Waals surface area contributed by atoms with Crippen molar-refractivity contribution < 1.29 is 13.2 Å². The number of alkyl halides is 3. The van der Waals surface area contributed by atoms with E-state index in [9.17, 15) is 13.2 Å². The van der Waals surface area contributed by atoms with Gasteiger partial charge in [-0.05, 0) is 29.8 Å². The highest BCUT2D eigenvalue weighted by Gasteiger charge is 2.29. The lowest BCUT2D eigenvalue weighted by Crippen LogP contribution is -2.19. The van der Waals surface area contributed by atoms with E-state index in [1.54, 1.807) is 13.8 Å². The quantitative estimate of drug-likeness (QED) is 0.756. The molecular formula is C7H8BrF3N2. The first-order chi connectivity index (χ1) is 5.81. The maximum Gasteiger partial charge on any atom is 0.408 e. The maximum absolute atomic E-state index is 12.0. The predicted molar refractivity (Wildman–Crippen MR) is 45.5 cm³/mol. The molecule has 0 radical (unpaired) electrons. The Morgan fingerprint density at radius 1 is 1.38 bits per heavy atom. The Hall–Kier alpha value is -0.520. The topological polar surface area (TPSA) is 17.8 Å². The van der Waals surface area contributed by atoms with Gasteiger partial charge in [0.05, 0.1) is 15.9 Å². The van der Waals surface area contributed by atoms with Gasteiger partial charge in [0.25, 0.3) is 0 Å². The van der Waals surface area contributed by atoms with E-state index in [0.717, 1.165) is 4.68 Å². The molecule has 6 heteroatoms. The molecule has 0 spiro atoms. The summed E-state index contributed by atoms with van der Waals surface area (Å²) in [6, 6.07) is 0. The van der Waals surface area contributed by atoms with E-state index < -0.39 is 12.7 Å². The molecule has 2 nitrogen and oxygen atoms in total. The molecule has 1 aromatic heterocycles. The third-order valence-corrected chi connectivity index (χ3v) is 2.77. The number of nitrogens with zero attached hydrogens (tertiary/aromatic N) is 2. The van der Waals surface area contributed by atoms with Crippen molar-refractivity contribution in [3.63, 3.8) is 0 Å². The van der Waals surface area contributed by atoms with E-state index in [-0.39, 0.29) is 0 Å². The van der Waals surface area contributed by atoms with Gasteiger partial charge >= 0.3 is 6.18 Å². The van der Waals surface area contributed by atoms with Gasteiger partial charge in [-0.3, -0.25) is 4.68 Å². The van der Waals surface area contributed by atoms with Gasteiger partial charge in [-0.2, -0.15) is 18.3 Å². The van der Waals surface area contributed by atoms with Crippen molar-refractivity contribution in [1.82, 2.24) is 9.78 Å². The lowest BCUT2D eigenvalue weighted by Gasteiger charge is -2.07. The second kappa shape index (κ2) is 3.32. The molecule has 0 bridgehead atoms. The Balaban J connectivity index is 2.97. The van der Waals surface area contributed by atoms with Gasteiger partial charge in [-0.15, -0.1) is 0 Å². The SMILES string of the molecule is Cc1nn(CC(F)(F)F)c(C)c1Br. The second-order valence-corrected chi connectivity index (χ2v) is 3.55. The Morgan fingerprint density at radius 2 is 1.92 bits per heavy atom. The fourth-order valence-electron chi connectivity index (χ4n) is 0.999. The number of rotatable bonds is 1. The molecule has 0 unspecified atom stereocenters. The third-order valence-electron chi connectivity index (χ3n) is 1.62. The molecule has 0 aliphatic rings. The highest BCUT2D eigenvalue weighted by Crippen LogP contribution is 2.23. The molecule has 0 N–H and O–H groups in total. The average Bonchev–Trinajstić information content (AvgIpc) is 2.15. The molecule has 1 heterocycles. The highest BCUT2D eigenvalue weighted by molar-refractivity contribution is 9.10. The van der Waals surface area contributed by atoms with E-state index in [1.807, 2.05) is 0 Å². The van der Waals surface area contributed by atoms with Gasteiger partial charge in [-0.25, -0.2) is 0 Å². The summed E-state index contributed by atoms with van der Waals surface area (Å²) in [6.07, 6.45) is -4.22. The summed E-state index contributed by atoms with van der Waals surface area (Å²) in [4.78, 5) is 0. The van der Waals surface area contributed by atoms with Crippen LogP contribution < -0.4 is 0 Å². The minimum atomic E-state index is -4.22. The molecule has 0 aliphatic carbocycles. The number of hydrogen-bond donors (Lipinski definition) is 0. The molecule has 0 aromatic carbocycles.